The molecule has 0 aromatic heterocycles. The minimum atomic E-state index is -4.36. The molecule has 0 heterocycles. The Morgan fingerprint density at radius 3 is 1.57 bits per heavy atom. The molecule has 10 heteroatoms. The number of carbonyl (C=O) groups is 2. The quantitative estimate of drug-likeness (QED) is 0.0291. The molecule has 0 fully saturated rings. The highest BCUT2D eigenvalue weighted by atomic mass is 31.2. The highest BCUT2D eigenvalue weighted by Gasteiger charge is 2.25. The van der Waals surface area contributed by atoms with Crippen molar-refractivity contribution in [2.45, 2.75) is 180 Å². The van der Waals surface area contributed by atoms with Crippen LogP contribution in [-0.2, 0) is 32.7 Å². The minimum Gasteiger partial charge on any atom is -0.462 e. The second kappa shape index (κ2) is 33.6. The first-order valence-electron chi connectivity index (χ1n) is 18.7. The Morgan fingerprint density at radius 1 is 0.630 bits per heavy atom. The summed E-state index contributed by atoms with van der Waals surface area (Å²) in [6.07, 6.45) is 30.9. The minimum absolute atomic E-state index is 0.0545. The molecule has 0 spiro atoms. The Kier molecular flexibility index (Phi) is 32.7. The predicted octanol–water partition coefficient (Wildman–Crippen LogP) is 9.88. The molecule has 0 aliphatic heterocycles. The van der Waals surface area contributed by atoms with Crippen LogP contribution >= 0.6 is 7.82 Å². The van der Waals surface area contributed by atoms with Crippen molar-refractivity contribution in [2.24, 2.45) is 5.73 Å². The molecule has 0 aromatic rings. The summed E-state index contributed by atoms with van der Waals surface area (Å²) in [5, 5.41) is 0. The topological polar surface area (TPSA) is 134 Å². The molecular weight excluding hydrogens is 605 g/mol. The van der Waals surface area contributed by atoms with Gasteiger partial charge in [0.05, 0.1) is 13.2 Å². The van der Waals surface area contributed by atoms with Gasteiger partial charge in [0.15, 0.2) is 6.10 Å². The Morgan fingerprint density at radius 2 is 1.07 bits per heavy atom. The standard InChI is InChI=1S/C36H70NO8P/c1-3-5-7-9-11-13-15-17-19-21-23-25-27-29-36(39)45-34(33-44-46(40,41)43-31-30-37)32-42-35(38)28-26-24-22-20-18-16-14-12-10-8-6-4-2/h13,15,34H,3-12,14,16-33,37H2,1-2H3,(H,40,41)/b15-13+/t34-/m1/s1. The molecule has 0 radical (unpaired) electrons. The van der Waals surface area contributed by atoms with Crippen LogP contribution in [0.4, 0.5) is 0 Å². The number of esters is 2. The third-order valence-electron chi connectivity index (χ3n) is 7.90. The van der Waals surface area contributed by atoms with E-state index in [0.717, 1.165) is 51.4 Å². The largest absolute Gasteiger partial charge is 0.472 e. The molecule has 3 N–H and O–H groups in total. The number of nitrogens with two attached hydrogens (primary N) is 1. The highest BCUT2D eigenvalue weighted by Crippen LogP contribution is 2.43. The average Bonchev–Trinajstić information content (AvgIpc) is 3.04. The molecule has 0 aliphatic carbocycles. The van der Waals surface area contributed by atoms with E-state index >= 15 is 0 Å². The van der Waals surface area contributed by atoms with Crippen LogP contribution in [0.2, 0.25) is 0 Å². The van der Waals surface area contributed by atoms with Gasteiger partial charge in [-0.15, -0.1) is 0 Å². The number of hydrogen-bond donors (Lipinski definition) is 2. The highest BCUT2D eigenvalue weighted by molar-refractivity contribution is 7.47. The fourth-order valence-corrected chi connectivity index (χ4v) is 5.86. The number of phosphoric ester groups is 1. The van der Waals surface area contributed by atoms with Crippen molar-refractivity contribution < 1.29 is 37.6 Å². The summed E-state index contributed by atoms with van der Waals surface area (Å²) in [6.45, 7) is 3.70. The lowest BCUT2D eigenvalue weighted by Gasteiger charge is -2.19. The zero-order chi connectivity index (χ0) is 34.0. The molecule has 2 atom stereocenters. The van der Waals surface area contributed by atoms with Crippen molar-refractivity contribution in [1.82, 2.24) is 0 Å². The summed E-state index contributed by atoms with van der Waals surface area (Å²) in [5.74, 6) is -0.835. The van der Waals surface area contributed by atoms with E-state index in [2.05, 4.69) is 26.0 Å². The lowest BCUT2D eigenvalue weighted by atomic mass is 10.0. The van der Waals surface area contributed by atoms with Crippen LogP contribution in [0.15, 0.2) is 12.2 Å². The van der Waals surface area contributed by atoms with E-state index in [1.165, 1.54) is 89.9 Å². The lowest BCUT2D eigenvalue weighted by molar-refractivity contribution is -0.161. The number of rotatable bonds is 35. The molecule has 272 valence electrons. The second-order valence-electron chi connectivity index (χ2n) is 12.4. The smallest absolute Gasteiger partial charge is 0.462 e. The van der Waals surface area contributed by atoms with Crippen molar-refractivity contribution in [3.05, 3.63) is 12.2 Å². The van der Waals surface area contributed by atoms with E-state index in [1.54, 1.807) is 0 Å². The Labute approximate surface area is 281 Å². The summed E-state index contributed by atoms with van der Waals surface area (Å²) in [7, 11) is -4.36. The molecule has 0 saturated carbocycles. The molecule has 0 amide bonds. The SMILES string of the molecule is CCCCCC/C=C/CCCCCCCC(=O)O[C@H](COC(=O)CCCCCCCCCCCCCC)COP(=O)(O)OCCN. The van der Waals surface area contributed by atoms with E-state index < -0.39 is 26.5 Å². The Hall–Kier alpha value is -1.25. The Bertz CT molecular complexity index is 779. The van der Waals surface area contributed by atoms with Gasteiger partial charge in [-0.3, -0.25) is 18.6 Å². The summed E-state index contributed by atoms with van der Waals surface area (Å²) in [5.41, 5.74) is 5.32. The maximum absolute atomic E-state index is 12.5. The molecule has 0 saturated heterocycles. The maximum atomic E-state index is 12.5. The van der Waals surface area contributed by atoms with Gasteiger partial charge in [0.25, 0.3) is 0 Å². The van der Waals surface area contributed by atoms with Gasteiger partial charge in [-0.25, -0.2) is 4.57 Å². The van der Waals surface area contributed by atoms with Crippen LogP contribution in [-0.4, -0.2) is 49.3 Å². The van der Waals surface area contributed by atoms with E-state index in [-0.39, 0.29) is 38.6 Å². The lowest BCUT2D eigenvalue weighted by Crippen LogP contribution is -2.29. The van der Waals surface area contributed by atoms with Crippen molar-refractivity contribution >= 4 is 19.8 Å². The van der Waals surface area contributed by atoms with E-state index in [4.69, 9.17) is 24.3 Å². The van der Waals surface area contributed by atoms with Crippen molar-refractivity contribution in [3.8, 4) is 0 Å². The van der Waals surface area contributed by atoms with Gasteiger partial charge in [-0.1, -0.05) is 135 Å². The van der Waals surface area contributed by atoms with Crippen molar-refractivity contribution in [2.75, 3.05) is 26.4 Å². The van der Waals surface area contributed by atoms with Crippen LogP contribution in [0.1, 0.15) is 174 Å². The van der Waals surface area contributed by atoms with Crippen LogP contribution in [0.25, 0.3) is 0 Å². The van der Waals surface area contributed by atoms with Crippen molar-refractivity contribution in [3.63, 3.8) is 0 Å². The third-order valence-corrected chi connectivity index (χ3v) is 8.89. The van der Waals surface area contributed by atoms with Gasteiger partial charge in [-0.05, 0) is 38.5 Å². The molecule has 0 aromatic carbocycles. The zero-order valence-electron chi connectivity index (χ0n) is 29.6. The van der Waals surface area contributed by atoms with Gasteiger partial charge in [0, 0.05) is 19.4 Å². The number of unbranched alkanes of at least 4 members (excludes halogenated alkanes) is 20. The van der Waals surface area contributed by atoms with Crippen LogP contribution in [0.5, 0.6) is 0 Å². The third kappa shape index (κ3) is 32.7. The molecule has 46 heavy (non-hydrogen) atoms. The fraction of sp³-hybridized carbons (Fsp3) is 0.889. The van der Waals surface area contributed by atoms with Gasteiger partial charge < -0.3 is 20.1 Å². The first kappa shape index (κ1) is 44.8. The predicted molar refractivity (Wildman–Crippen MR) is 188 cm³/mol. The maximum Gasteiger partial charge on any atom is 0.472 e. The van der Waals surface area contributed by atoms with Gasteiger partial charge >= 0.3 is 19.8 Å². The number of ether oxygens (including phenoxy) is 2. The van der Waals surface area contributed by atoms with E-state index in [9.17, 15) is 19.0 Å². The Balaban J connectivity index is 4.24. The number of phosphoric acid groups is 1. The molecular formula is C36H70NO8P. The fourth-order valence-electron chi connectivity index (χ4n) is 5.10. The number of hydrogen-bond acceptors (Lipinski definition) is 8. The van der Waals surface area contributed by atoms with Crippen LogP contribution in [0.3, 0.4) is 0 Å². The first-order chi connectivity index (χ1) is 22.3. The number of allylic oxidation sites excluding steroid dienone is 2. The second-order valence-corrected chi connectivity index (χ2v) is 13.9. The van der Waals surface area contributed by atoms with Gasteiger partial charge in [0.2, 0.25) is 0 Å². The molecule has 9 nitrogen and oxygen atoms in total. The normalized spacial score (nSPS) is 13.6. The summed E-state index contributed by atoms with van der Waals surface area (Å²) in [4.78, 5) is 34.6. The average molecular weight is 676 g/mol. The van der Waals surface area contributed by atoms with Crippen LogP contribution < -0.4 is 5.73 Å². The number of carbonyl (C=O) groups excluding carboxylic acids is 2. The zero-order valence-corrected chi connectivity index (χ0v) is 30.5. The molecule has 0 rings (SSSR count). The van der Waals surface area contributed by atoms with Crippen molar-refractivity contribution in [1.29, 1.82) is 0 Å². The summed E-state index contributed by atoms with van der Waals surface area (Å²) < 4.78 is 32.6. The van der Waals surface area contributed by atoms with Gasteiger partial charge in [0.1, 0.15) is 6.61 Å². The first-order valence-corrected chi connectivity index (χ1v) is 20.2. The van der Waals surface area contributed by atoms with Crippen LogP contribution in [0, 0.1) is 0 Å². The van der Waals surface area contributed by atoms with Gasteiger partial charge in [-0.2, -0.15) is 0 Å². The summed E-state index contributed by atoms with van der Waals surface area (Å²) >= 11 is 0. The van der Waals surface area contributed by atoms with E-state index in [0.29, 0.717) is 6.42 Å². The monoisotopic (exact) mass is 675 g/mol. The molecule has 1 unspecified atom stereocenters. The summed E-state index contributed by atoms with van der Waals surface area (Å²) in [6, 6.07) is 0. The molecule has 0 aliphatic rings. The van der Waals surface area contributed by atoms with E-state index in [1.807, 2.05) is 0 Å². The molecule has 0 bridgehead atoms.